The molecule has 44 valence electrons. The van der Waals surface area contributed by atoms with Crippen LogP contribution in [0.4, 0.5) is 0 Å². The summed E-state index contributed by atoms with van der Waals surface area (Å²) >= 11 is 5.08. The molecule has 0 atom stereocenters. The first kappa shape index (κ1) is 11.7. The molecule has 0 saturated heterocycles. The summed E-state index contributed by atoms with van der Waals surface area (Å²) in [5.41, 5.74) is 0. The molecule has 0 unspecified atom stereocenters. The van der Waals surface area contributed by atoms with Crippen molar-refractivity contribution in [3.05, 3.63) is 0 Å². The van der Waals surface area contributed by atoms with Crippen LogP contribution in [0.15, 0.2) is 0 Å². The van der Waals surface area contributed by atoms with E-state index in [4.69, 9.17) is 11.6 Å². The van der Waals surface area contributed by atoms with E-state index in [1.165, 1.54) is 0 Å². The Kier molecular flexibility index (Phi) is 11.7. The molecule has 0 rings (SSSR count). The molecule has 0 aliphatic carbocycles. The summed E-state index contributed by atoms with van der Waals surface area (Å²) in [6, 6.07) is 0. The van der Waals surface area contributed by atoms with Crippen LogP contribution in [0.5, 0.6) is 0 Å². The Bertz CT molecular complexity index is 74.8. The van der Waals surface area contributed by atoms with Crippen LogP contribution in [-0.2, 0) is 9.22 Å². The standard InChI is InChI=1S/C3H7ClO2Si.Na.H/c1-7-6-3(5)2-4;;/h2,7H2,1H3;;/q;+1;-1. The van der Waals surface area contributed by atoms with Crippen LogP contribution < -0.4 is 29.6 Å². The minimum atomic E-state index is -0.578. The summed E-state index contributed by atoms with van der Waals surface area (Å²) in [4.78, 5) is 10.1. The van der Waals surface area contributed by atoms with Gasteiger partial charge >= 0.3 is 35.5 Å². The maximum atomic E-state index is 10.1. The van der Waals surface area contributed by atoms with Crippen LogP contribution in [0, 0.1) is 0 Å². The number of hydrogen-bond acceptors (Lipinski definition) is 2. The van der Waals surface area contributed by atoms with Gasteiger partial charge in [0.15, 0.2) is 0 Å². The van der Waals surface area contributed by atoms with E-state index in [-0.39, 0.29) is 42.8 Å². The molecule has 2 nitrogen and oxygen atoms in total. The van der Waals surface area contributed by atoms with Crippen molar-refractivity contribution in [2.75, 3.05) is 5.88 Å². The number of alkyl halides is 1. The van der Waals surface area contributed by atoms with E-state index in [1.807, 2.05) is 6.55 Å². The van der Waals surface area contributed by atoms with Crippen molar-refractivity contribution in [1.29, 1.82) is 0 Å². The third kappa shape index (κ3) is 6.98. The first-order chi connectivity index (χ1) is 3.31. The van der Waals surface area contributed by atoms with E-state index in [0.29, 0.717) is 0 Å². The SMILES string of the molecule is C[SiH2]OC(=O)CCl.[H-].[Na+]. The van der Waals surface area contributed by atoms with Crippen molar-refractivity contribution in [3.63, 3.8) is 0 Å². The van der Waals surface area contributed by atoms with Crippen molar-refractivity contribution >= 4 is 27.3 Å². The normalized spacial score (nSPS) is 8.75. The Hall–Kier alpha value is 0.977. The summed E-state index contributed by atoms with van der Waals surface area (Å²) in [6.07, 6.45) is 0. The zero-order valence-corrected chi connectivity index (χ0v) is 9.28. The molecule has 0 bridgehead atoms. The van der Waals surface area contributed by atoms with Gasteiger partial charge < -0.3 is 5.85 Å². The van der Waals surface area contributed by atoms with Gasteiger partial charge in [0.2, 0.25) is 9.76 Å². The molecule has 0 aliphatic heterocycles. The molecule has 0 amide bonds. The van der Waals surface area contributed by atoms with Gasteiger partial charge in [-0.3, -0.25) is 4.79 Å². The Morgan fingerprint density at radius 1 is 2.00 bits per heavy atom. The summed E-state index contributed by atoms with van der Waals surface area (Å²) in [5, 5.41) is 0. The van der Waals surface area contributed by atoms with Gasteiger partial charge in [0.1, 0.15) is 5.88 Å². The van der Waals surface area contributed by atoms with Crippen molar-refractivity contribution in [2.24, 2.45) is 0 Å². The topological polar surface area (TPSA) is 26.3 Å². The zero-order chi connectivity index (χ0) is 5.70. The number of hydrogen-bond donors (Lipinski definition) is 0. The third-order valence-corrected chi connectivity index (χ3v) is 1.24. The molecule has 5 heteroatoms. The van der Waals surface area contributed by atoms with Gasteiger partial charge in [0.25, 0.3) is 0 Å². The van der Waals surface area contributed by atoms with Gasteiger partial charge in [-0.05, 0) is 6.55 Å². The third-order valence-electron chi connectivity index (χ3n) is 0.414. The number of carbonyl (C=O) groups is 1. The van der Waals surface area contributed by atoms with Gasteiger partial charge in [-0.2, -0.15) is 0 Å². The molecule has 0 spiro atoms. The summed E-state index contributed by atoms with van der Waals surface area (Å²) in [5.74, 6) is -0.309. The number of carbonyl (C=O) groups excluding carboxylic acids is 1. The van der Waals surface area contributed by atoms with Crippen molar-refractivity contribution in [1.82, 2.24) is 0 Å². The molecule has 0 aromatic carbocycles. The van der Waals surface area contributed by atoms with E-state index in [2.05, 4.69) is 4.43 Å². The molecule has 0 saturated carbocycles. The van der Waals surface area contributed by atoms with Crippen LogP contribution in [0.2, 0.25) is 6.55 Å². The van der Waals surface area contributed by atoms with Gasteiger partial charge in [0.05, 0.1) is 0 Å². The van der Waals surface area contributed by atoms with E-state index < -0.39 is 9.76 Å². The van der Waals surface area contributed by atoms with Crippen LogP contribution >= 0.6 is 11.6 Å². The van der Waals surface area contributed by atoms with Crippen molar-refractivity contribution in [3.8, 4) is 0 Å². The quantitative estimate of drug-likeness (QED) is 0.320. The monoisotopic (exact) mass is 162 g/mol. The van der Waals surface area contributed by atoms with Gasteiger partial charge in [0, 0.05) is 0 Å². The molecule has 0 radical (unpaired) electrons. The molecule has 0 aromatic heterocycles. The number of rotatable bonds is 2. The smallest absolute Gasteiger partial charge is 1.00 e. The van der Waals surface area contributed by atoms with E-state index in [9.17, 15) is 4.79 Å². The minimum Gasteiger partial charge on any atom is -1.00 e. The van der Waals surface area contributed by atoms with Crippen LogP contribution in [-0.4, -0.2) is 21.6 Å². The minimum absolute atomic E-state index is 0. The van der Waals surface area contributed by atoms with Gasteiger partial charge in [-0.1, -0.05) is 0 Å². The second-order valence-corrected chi connectivity index (χ2v) is 2.07. The predicted octanol–water partition coefficient (Wildman–Crippen LogP) is -2.98. The summed E-state index contributed by atoms with van der Waals surface area (Å²) in [7, 11) is -0.578. The molecule has 0 aromatic rings. The molecule has 0 heterocycles. The maximum Gasteiger partial charge on any atom is 1.00 e. The Balaban J connectivity index is -0.000000180. The second-order valence-electron chi connectivity index (χ2n) is 0.939. The first-order valence-electron chi connectivity index (χ1n) is 2.02. The predicted molar refractivity (Wildman–Crippen MR) is 32.3 cm³/mol. The summed E-state index contributed by atoms with van der Waals surface area (Å²) in [6.45, 7) is 1.88. The van der Waals surface area contributed by atoms with Gasteiger partial charge in [-0.15, -0.1) is 11.6 Å². The largest absolute Gasteiger partial charge is 1.00 e. The van der Waals surface area contributed by atoms with E-state index in [1.54, 1.807) is 0 Å². The molecular weight excluding hydrogens is 155 g/mol. The van der Waals surface area contributed by atoms with Crippen LogP contribution in [0.1, 0.15) is 1.43 Å². The average Bonchev–Trinajstić information content (AvgIpc) is 1.68. The molecule has 8 heavy (non-hydrogen) atoms. The fourth-order valence-corrected chi connectivity index (χ4v) is 0.830. The second kappa shape index (κ2) is 7.98. The fourth-order valence-electron chi connectivity index (χ4n) is 0.200. The first-order valence-corrected chi connectivity index (χ1v) is 4.55. The number of halogens is 1. The maximum absolute atomic E-state index is 10.1. The molecule has 0 aliphatic rings. The molecule has 0 fully saturated rings. The Morgan fingerprint density at radius 2 is 2.50 bits per heavy atom. The van der Waals surface area contributed by atoms with Crippen LogP contribution in [0.25, 0.3) is 0 Å². The van der Waals surface area contributed by atoms with E-state index in [0.717, 1.165) is 0 Å². The van der Waals surface area contributed by atoms with Crippen molar-refractivity contribution < 1.29 is 40.2 Å². The molecular formula is C3H8ClNaO2Si. The fraction of sp³-hybridized carbons (Fsp3) is 0.667. The zero-order valence-electron chi connectivity index (χ0n) is 6.11. The van der Waals surface area contributed by atoms with E-state index >= 15 is 0 Å². The van der Waals surface area contributed by atoms with Crippen LogP contribution in [0.3, 0.4) is 0 Å². The Labute approximate surface area is 79.6 Å². The summed E-state index contributed by atoms with van der Waals surface area (Å²) < 4.78 is 4.56. The van der Waals surface area contributed by atoms with Gasteiger partial charge in [-0.25, -0.2) is 0 Å². The van der Waals surface area contributed by atoms with Crippen molar-refractivity contribution in [2.45, 2.75) is 6.55 Å². The Morgan fingerprint density at radius 3 is 2.62 bits per heavy atom. The average molecular weight is 163 g/mol. The molecule has 0 N–H and O–H groups in total.